The van der Waals surface area contributed by atoms with E-state index >= 15 is 0 Å². The van der Waals surface area contributed by atoms with Gasteiger partial charge < -0.3 is 10.2 Å². The zero-order valence-electron chi connectivity index (χ0n) is 15.7. The van der Waals surface area contributed by atoms with Crippen LogP contribution in [0.4, 0.5) is 5.69 Å². The average molecular weight is 425 g/mol. The van der Waals surface area contributed by atoms with Gasteiger partial charge in [0.25, 0.3) is 5.91 Å². The van der Waals surface area contributed by atoms with Crippen molar-refractivity contribution in [2.45, 2.75) is 13.0 Å². The van der Waals surface area contributed by atoms with E-state index < -0.39 is 6.04 Å². The molecule has 0 radical (unpaired) electrons. The first-order valence-corrected chi connectivity index (χ1v) is 9.90. The lowest BCUT2D eigenvalue weighted by molar-refractivity contribution is -0.117. The second kappa shape index (κ2) is 7.90. The molecule has 0 aromatic heterocycles. The summed E-state index contributed by atoms with van der Waals surface area (Å²) in [4.78, 5) is 27.7. The minimum atomic E-state index is -0.435. The van der Waals surface area contributed by atoms with E-state index in [9.17, 15) is 9.59 Å². The Balaban J connectivity index is 1.90. The van der Waals surface area contributed by atoms with Gasteiger partial charge in [0.1, 0.15) is 6.54 Å². The molecule has 4 rings (SSSR count). The molecule has 29 heavy (non-hydrogen) atoms. The van der Waals surface area contributed by atoms with Crippen LogP contribution in [0, 0.1) is 6.92 Å². The second-order valence-corrected chi connectivity index (χ2v) is 7.92. The molecule has 4 nitrogen and oxygen atoms in total. The molecule has 0 bridgehead atoms. The predicted molar refractivity (Wildman–Crippen MR) is 116 cm³/mol. The van der Waals surface area contributed by atoms with E-state index in [-0.39, 0.29) is 18.4 Å². The minimum absolute atomic E-state index is 0.0870. The molecule has 0 unspecified atom stereocenters. The SMILES string of the molecule is Cc1ccc2c(c1)[C@H](c1ccccc1)N(C(=O)c1cc(Cl)cc(Cl)c1)CC(=O)N2. The fourth-order valence-corrected chi connectivity index (χ4v) is 4.18. The van der Waals surface area contributed by atoms with Gasteiger partial charge in [-0.25, -0.2) is 0 Å². The molecule has 1 heterocycles. The third-order valence-electron chi connectivity index (χ3n) is 4.89. The molecule has 0 saturated carbocycles. The van der Waals surface area contributed by atoms with Gasteiger partial charge in [0.2, 0.25) is 5.91 Å². The largest absolute Gasteiger partial charge is 0.324 e. The summed E-state index contributed by atoms with van der Waals surface area (Å²) in [5.41, 5.74) is 3.86. The van der Waals surface area contributed by atoms with Crippen LogP contribution < -0.4 is 5.32 Å². The van der Waals surface area contributed by atoms with Crippen LogP contribution in [-0.2, 0) is 4.79 Å². The van der Waals surface area contributed by atoms with Crippen LogP contribution >= 0.6 is 23.2 Å². The smallest absolute Gasteiger partial charge is 0.255 e. The number of carbonyl (C=O) groups is 2. The monoisotopic (exact) mass is 424 g/mol. The van der Waals surface area contributed by atoms with Crippen molar-refractivity contribution in [1.82, 2.24) is 4.90 Å². The van der Waals surface area contributed by atoms with Crippen LogP contribution in [0.5, 0.6) is 0 Å². The number of hydrogen-bond donors (Lipinski definition) is 1. The topological polar surface area (TPSA) is 49.4 Å². The molecule has 1 aliphatic heterocycles. The molecule has 2 amide bonds. The summed E-state index contributed by atoms with van der Waals surface area (Å²) in [7, 11) is 0. The second-order valence-electron chi connectivity index (χ2n) is 7.04. The van der Waals surface area contributed by atoms with Crippen molar-refractivity contribution in [3.8, 4) is 0 Å². The lowest BCUT2D eigenvalue weighted by Crippen LogP contribution is -2.39. The Morgan fingerprint density at radius 1 is 1.00 bits per heavy atom. The fourth-order valence-electron chi connectivity index (χ4n) is 3.65. The van der Waals surface area contributed by atoms with Gasteiger partial charge in [0, 0.05) is 26.9 Å². The van der Waals surface area contributed by atoms with Crippen LogP contribution in [-0.4, -0.2) is 23.3 Å². The van der Waals surface area contributed by atoms with Crippen LogP contribution in [0.15, 0.2) is 66.7 Å². The number of nitrogens with one attached hydrogen (secondary N) is 1. The normalized spacial score (nSPS) is 16.0. The number of carbonyl (C=O) groups excluding carboxylic acids is 2. The van der Waals surface area contributed by atoms with Crippen molar-refractivity contribution >= 4 is 40.7 Å². The van der Waals surface area contributed by atoms with Crippen LogP contribution in [0.1, 0.15) is 33.1 Å². The lowest BCUT2D eigenvalue weighted by Gasteiger charge is -2.31. The van der Waals surface area contributed by atoms with E-state index in [1.54, 1.807) is 23.1 Å². The van der Waals surface area contributed by atoms with Gasteiger partial charge in [-0.1, -0.05) is 71.2 Å². The molecule has 3 aromatic rings. The van der Waals surface area contributed by atoms with E-state index in [2.05, 4.69) is 5.32 Å². The maximum atomic E-state index is 13.5. The summed E-state index contributed by atoms with van der Waals surface area (Å²) >= 11 is 12.2. The standard InChI is InChI=1S/C23H18Cl2N2O2/c1-14-7-8-20-19(9-14)22(15-5-3-2-4-6-15)27(13-21(28)26-20)23(29)16-10-17(24)12-18(25)11-16/h2-12,22H,13H2,1H3,(H,26,28)/t22-/m0/s1. The Morgan fingerprint density at radius 3 is 2.38 bits per heavy atom. The molecule has 6 heteroatoms. The van der Waals surface area contributed by atoms with E-state index in [0.29, 0.717) is 21.3 Å². The number of anilines is 1. The first-order chi connectivity index (χ1) is 13.9. The number of benzene rings is 3. The van der Waals surface area contributed by atoms with Crippen molar-refractivity contribution in [3.63, 3.8) is 0 Å². The molecule has 3 aromatic carbocycles. The summed E-state index contributed by atoms with van der Waals surface area (Å²) in [6.45, 7) is 1.90. The van der Waals surface area contributed by atoms with Crippen LogP contribution in [0.25, 0.3) is 0 Å². The van der Waals surface area contributed by atoms with Crippen molar-refractivity contribution in [2.24, 2.45) is 0 Å². The summed E-state index contributed by atoms with van der Waals surface area (Å²) in [6, 6.07) is 19.8. The van der Waals surface area contributed by atoms with Gasteiger partial charge in [-0.15, -0.1) is 0 Å². The number of amides is 2. The molecule has 0 spiro atoms. The molecule has 146 valence electrons. The molecule has 1 N–H and O–H groups in total. The molecule has 1 atom stereocenters. The summed E-state index contributed by atoms with van der Waals surface area (Å²) in [6.07, 6.45) is 0. The fraction of sp³-hybridized carbons (Fsp3) is 0.130. The number of fused-ring (bicyclic) bond motifs is 1. The van der Waals surface area contributed by atoms with Crippen LogP contribution in [0.3, 0.4) is 0 Å². The zero-order chi connectivity index (χ0) is 20.5. The molecule has 0 aliphatic carbocycles. The Bertz CT molecular complexity index is 1080. The van der Waals surface area contributed by atoms with Crippen molar-refractivity contribution in [1.29, 1.82) is 0 Å². The number of aryl methyl sites for hydroxylation is 1. The maximum absolute atomic E-state index is 13.5. The minimum Gasteiger partial charge on any atom is -0.324 e. The predicted octanol–water partition coefficient (Wildman–Crippen LogP) is 5.49. The number of nitrogens with zero attached hydrogens (tertiary/aromatic N) is 1. The van der Waals surface area contributed by atoms with Gasteiger partial charge in [0.15, 0.2) is 0 Å². The Hall–Kier alpha value is -2.82. The molecule has 0 saturated heterocycles. The van der Waals surface area contributed by atoms with E-state index in [0.717, 1.165) is 16.7 Å². The quantitative estimate of drug-likeness (QED) is 0.591. The maximum Gasteiger partial charge on any atom is 0.255 e. The van der Waals surface area contributed by atoms with E-state index in [1.807, 2.05) is 55.5 Å². The number of halogens is 2. The zero-order valence-corrected chi connectivity index (χ0v) is 17.2. The highest BCUT2D eigenvalue weighted by molar-refractivity contribution is 6.35. The first-order valence-electron chi connectivity index (χ1n) is 9.15. The molecular weight excluding hydrogens is 407 g/mol. The summed E-state index contributed by atoms with van der Waals surface area (Å²) in [5.74, 6) is -0.567. The summed E-state index contributed by atoms with van der Waals surface area (Å²) in [5, 5.41) is 3.66. The average Bonchev–Trinajstić information content (AvgIpc) is 2.83. The van der Waals surface area contributed by atoms with Gasteiger partial charge in [0.05, 0.1) is 6.04 Å². The lowest BCUT2D eigenvalue weighted by atomic mass is 9.94. The third kappa shape index (κ3) is 4.00. The van der Waals surface area contributed by atoms with Gasteiger partial charge in [-0.3, -0.25) is 9.59 Å². The molecule has 0 fully saturated rings. The highest BCUT2D eigenvalue weighted by Crippen LogP contribution is 2.37. The van der Waals surface area contributed by atoms with Gasteiger partial charge >= 0.3 is 0 Å². The molecule has 1 aliphatic rings. The van der Waals surface area contributed by atoms with E-state index in [1.165, 1.54) is 0 Å². The Morgan fingerprint density at radius 2 is 1.69 bits per heavy atom. The first kappa shape index (κ1) is 19.5. The van der Waals surface area contributed by atoms with Crippen molar-refractivity contribution < 1.29 is 9.59 Å². The summed E-state index contributed by atoms with van der Waals surface area (Å²) < 4.78 is 0. The van der Waals surface area contributed by atoms with Crippen LogP contribution in [0.2, 0.25) is 10.0 Å². The highest BCUT2D eigenvalue weighted by atomic mass is 35.5. The van der Waals surface area contributed by atoms with Gasteiger partial charge in [-0.2, -0.15) is 0 Å². The van der Waals surface area contributed by atoms with Crippen molar-refractivity contribution in [3.05, 3.63) is 99.0 Å². The highest BCUT2D eigenvalue weighted by Gasteiger charge is 2.34. The Labute approximate surface area is 179 Å². The van der Waals surface area contributed by atoms with E-state index in [4.69, 9.17) is 23.2 Å². The molecular formula is C23H18Cl2N2O2. The van der Waals surface area contributed by atoms with Gasteiger partial charge in [-0.05, 0) is 36.8 Å². The Kier molecular flexibility index (Phi) is 5.31. The number of hydrogen-bond acceptors (Lipinski definition) is 2. The third-order valence-corrected chi connectivity index (χ3v) is 5.32. The number of rotatable bonds is 2. The van der Waals surface area contributed by atoms with Crippen molar-refractivity contribution in [2.75, 3.05) is 11.9 Å².